The molecule has 0 spiro atoms. The average Bonchev–Trinajstić information content (AvgIpc) is 3.06. The number of hydrogen-bond acceptors (Lipinski definition) is 4. The Kier molecular flexibility index (Phi) is 5.16. The van der Waals surface area contributed by atoms with Gasteiger partial charge >= 0.3 is 6.09 Å². The Balaban J connectivity index is 2.25. The minimum Gasteiger partial charge on any atom is -0.497 e. The highest BCUT2D eigenvalue weighted by atomic mass is 32.1. The van der Waals surface area contributed by atoms with Crippen LogP contribution in [0.4, 0.5) is 4.79 Å². The molecule has 1 N–H and O–H groups in total. The second-order valence-corrected chi connectivity index (χ2v) is 5.73. The normalized spacial score (nSPS) is 11.7. The molecule has 0 saturated heterocycles. The molecule has 1 amide bonds. The van der Waals surface area contributed by atoms with Gasteiger partial charge in [0.2, 0.25) is 0 Å². The zero-order valence-electron chi connectivity index (χ0n) is 12.4. The first-order valence-electron chi connectivity index (χ1n) is 6.69. The molecule has 0 saturated carbocycles. The number of ether oxygens (including phenoxy) is 1. The molecule has 1 aromatic heterocycles. The summed E-state index contributed by atoms with van der Waals surface area (Å²) < 4.78 is 5.10. The molecular formula is C16H17NO4S. The van der Waals surface area contributed by atoms with Crippen molar-refractivity contribution in [3.8, 4) is 5.75 Å². The maximum Gasteiger partial charge on any atom is 0.407 e. The van der Waals surface area contributed by atoms with Crippen molar-refractivity contribution in [2.75, 3.05) is 14.2 Å². The molecular weight excluding hydrogens is 302 g/mol. The first kappa shape index (κ1) is 16.0. The van der Waals surface area contributed by atoms with Gasteiger partial charge in [-0.2, -0.15) is 0 Å². The summed E-state index contributed by atoms with van der Waals surface area (Å²) in [5, 5.41) is 11.1. The molecule has 0 radical (unpaired) electrons. The molecule has 0 fully saturated rings. The number of rotatable bonds is 6. The van der Waals surface area contributed by atoms with Crippen molar-refractivity contribution in [3.63, 3.8) is 0 Å². The number of Topliss-reactive ketones (excluding diaryl/α,β-unsaturated/α-hetero) is 1. The van der Waals surface area contributed by atoms with Crippen molar-refractivity contribution in [1.29, 1.82) is 0 Å². The molecule has 0 bridgehead atoms. The van der Waals surface area contributed by atoms with Crippen LogP contribution in [0.25, 0.3) is 0 Å². The van der Waals surface area contributed by atoms with Crippen LogP contribution in [0.15, 0.2) is 41.8 Å². The van der Waals surface area contributed by atoms with Gasteiger partial charge < -0.3 is 14.7 Å². The quantitative estimate of drug-likeness (QED) is 0.825. The summed E-state index contributed by atoms with van der Waals surface area (Å²) in [7, 11) is 3.04. The van der Waals surface area contributed by atoms with Gasteiger partial charge in [-0.1, -0.05) is 18.2 Å². The largest absolute Gasteiger partial charge is 0.497 e. The molecule has 2 aromatic rings. The van der Waals surface area contributed by atoms with Crippen molar-refractivity contribution in [3.05, 3.63) is 52.2 Å². The number of methoxy groups -OCH3 is 1. The highest BCUT2D eigenvalue weighted by Gasteiger charge is 2.25. The summed E-state index contributed by atoms with van der Waals surface area (Å²) in [6.07, 6.45) is -0.963. The highest BCUT2D eigenvalue weighted by Crippen LogP contribution is 2.27. The van der Waals surface area contributed by atoms with Crippen LogP contribution in [-0.4, -0.2) is 36.0 Å². The van der Waals surface area contributed by atoms with Crippen LogP contribution >= 0.6 is 11.3 Å². The third-order valence-electron chi connectivity index (χ3n) is 3.44. The molecule has 6 heteroatoms. The lowest BCUT2D eigenvalue weighted by Gasteiger charge is -2.25. The van der Waals surface area contributed by atoms with E-state index in [4.69, 9.17) is 4.74 Å². The smallest absolute Gasteiger partial charge is 0.407 e. The molecule has 1 aromatic carbocycles. The van der Waals surface area contributed by atoms with E-state index in [1.807, 2.05) is 5.38 Å². The van der Waals surface area contributed by atoms with Gasteiger partial charge in [0.15, 0.2) is 5.78 Å². The first-order chi connectivity index (χ1) is 10.5. The third kappa shape index (κ3) is 3.65. The van der Waals surface area contributed by atoms with E-state index in [0.717, 1.165) is 10.5 Å². The summed E-state index contributed by atoms with van der Waals surface area (Å²) in [5.41, 5.74) is 0.760. The summed E-state index contributed by atoms with van der Waals surface area (Å²) in [4.78, 5) is 25.4. The maximum absolute atomic E-state index is 12.3. The number of carboxylic acid groups (broad SMARTS) is 1. The lowest BCUT2D eigenvalue weighted by atomic mass is 9.99. The van der Waals surface area contributed by atoms with E-state index in [0.29, 0.717) is 10.6 Å². The second kappa shape index (κ2) is 7.09. The number of hydrogen-bond donors (Lipinski definition) is 1. The van der Waals surface area contributed by atoms with Crippen LogP contribution in [0.3, 0.4) is 0 Å². The number of nitrogens with zero attached hydrogens (tertiary/aromatic N) is 1. The summed E-state index contributed by atoms with van der Waals surface area (Å²) in [5.74, 6) is 0.619. The van der Waals surface area contributed by atoms with Crippen molar-refractivity contribution in [2.45, 2.75) is 12.5 Å². The first-order valence-corrected chi connectivity index (χ1v) is 7.57. The Morgan fingerprint density at radius 3 is 2.45 bits per heavy atom. The number of benzene rings is 1. The standard InChI is InChI=1S/C16H17NO4S/c1-17(16(19)20)13(10-14(18)15-4-3-9-22-15)11-5-7-12(21-2)8-6-11/h3-9,13H,10H2,1-2H3,(H,19,20). The fourth-order valence-electron chi connectivity index (χ4n) is 2.15. The van der Waals surface area contributed by atoms with Crippen LogP contribution in [0.1, 0.15) is 27.7 Å². The molecule has 5 nitrogen and oxygen atoms in total. The van der Waals surface area contributed by atoms with E-state index in [-0.39, 0.29) is 12.2 Å². The Morgan fingerprint density at radius 2 is 1.95 bits per heavy atom. The van der Waals surface area contributed by atoms with Crippen molar-refractivity contribution < 1.29 is 19.4 Å². The summed E-state index contributed by atoms with van der Waals surface area (Å²) in [6, 6.07) is 10.1. The van der Waals surface area contributed by atoms with Crippen LogP contribution in [-0.2, 0) is 0 Å². The lowest BCUT2D eigenvalue weighted by molar-refractivity contribution is 0.0928. The number of carbonyl (C=O) groups excluding carboxylic acids is 1. The molecule has 116 valence electrons. The minimum absolute atomic E-state index is 0.0658. The van der Waals surface area contributed by atoms with Crippen LogP contribution in [0, 0.1) is 0 Å². The van der Waals surface area contributed by atoms with Crippen molar-refractivity contribution in [1.82, 2.24) is 4.90 Å². The van der Waals surface area contributed by atoms with Crippen molar-refractivity contribution in [2.24, 2.45) is 0 Å². The van der Waals surface area contributed by atoms with Gasteiger partial charge in [0, 0.05) is 13.5 Å². The molecule has 1 heterocycles. The Morgan fingerprint density at radius 1 is 1.27 bits per heavy atom. The Labute approximate surface area is 132 Å². The number of thiophene rings is 1. The number of amides is 1. The topological polar surface area (TPSA) is 66.8 Å². The molecule has 1 unspecified atom stereocenters. The van der Waals surface area contributed by atoms with E-state index in [1.54, 1.807) is 43.5 Å². The lowest BCUT2D eigenvalue weighted by Crippen LogP contribution is -2.31. The highest BCUT2D eigenvalue weighted by molar-refractivity contribution is 7.12. The average molecular weight is 319 g/mol. The maximum atomic E-state index is 12.3. The monoisotopic (exact) mass is 319 g/mol. The van der Waals surface area contributed by atoms with E-state index in [1.165, 1.54) is 18.4 Å². The SMILES string of the molecule is COc1ccc(C(CC(=O)c2cccs2)N(C)C(=O)O)cc1. The zero-order chi connectivity index (χ0) is 16.1. The number of ketones is 1. The molecule has 0 aliphatic heterocycles. The van der Waals surface area contributed by atoms with Gasteiger partial charge in [-0.15, -0.1) is 11.3 Å². The van der Waals surface area contributed by atoms with E-state index in [2.05, 4.69) is 0 Å². The van der Waals surface area contributed by atoms with Crippen molar-refractivity contribution >= 4 is 23.2 Å². The van der Waals surface area contributed by atoms with E-state index >= 15 is 0 Å². The summed E-state index contributed by atoms with van der Waals surface area (Å²) in [6.45, 7) is 0. The van der Waals surface area contributed by atoms with Crippen LogP contribution < -0.4 is 4.74 Å². The minimum atomic E-state index is -1.07. The Bertz CT molecular complexity index is 637. The third-order valence-corrected chi connectivity index (χ3v) is 4.36. The van der Waals surface area contributed by atoms with Gasteiger partial charge in [-0.05, 0) is 29.1 Å². The molecule has 0 aliphatic rings. The Hall–Kier alpha value is -2.34. The zero-order valence-corrected chi connectivity index (χ0v) is 13.2. The fourth-order valence-corrected chi connectivity index (χ4v) is 2.83. The second-order valence-electron chi connectivity index (χ2n) is 4.79. The van der Waals surface area contributed by atoms with E-state index in [9.17, 15) is 14.7 Å². The van der Waals surface area contributed by atoms with Gasteiger partial charge in [0.25, 0.3) is 0 Å². The van der Waals surface area contributed by atoms with Crippen LogP contribution in [0.2, 0.25) is 0 Å². The molecule has 0 aliphatic carbocycles. The van der Waals surface area contributed by atoms with Gasteiger partial charge in [-0.3, -0.25) is 4.79 Å². The number of carbonyl (C=O) groups is 2. The van der Waals surface area contributed by atoms with Gasteiger partial charge in [0.05, 0.1) is 18.0 Å². The predicted molar refractivity (Wildman–Crippen MR) is 84.8 cm³/mol. The fraction of sp³-hybridized carbons (Fsp3) is 0.250. The molecule has 2 rings (SSSR count). The predicted octanol–water partition coefficient (Wildman–Crippen LogP) is 3.68. The van der Waals surface area contributed by atoms with Gasteiger partial charge in [0.1, 0.15) is 5.75 Å². The van der Waals surface area contributed by atoms with Gasteiger partial charge in [-0.25, -0.2) is 4.79 Å². The molecule has 1 atom stereocenters. The molecule has 22 heavy (non-hydrogen) atoms. The van der Waals surface area contributed by atoms with E-state index < -0.39 is 12.1 Å². The van der Waals surface area contributed by atoms with Crippen LogP contribution in [0.5, 0.6) is 5.75 Å². The summed E-state index contributed by atoms with van der Waals surface area (Å²) >= 11 is 1.36.